The van der Waals surface area contributed by atoms with Gasteiger partial charge in [0.1, 0.15) is 0 Å². The van der Waals surface area contributed by atoms with Gasteiger partial charge in [-0.05, 0) is 12.5 Å². The summed E-state index contributed by atoms with van der Waals surface area (Å²) in [6.45, 7) is 2.36. The van der Waals surface area contributed by atoms with Gasteiger partial charge >= 0.3 is 5.97 Å². The van der Waals surface area contributed by atoms with Gasteiger partial charge in [-0.3, -0.25) is 4.79 Å². The fourth-order valence-electron chi connectivity index (χ4n) is 1.63. The first-order valence-electron chi connectivity index (χ1n) is 5.99. The summed E-state index contributed by atoms with van der Waals surface area (Å²) in [5.41, 5.74) is 0.826. The molecule has 1 aromatic carbocycles. The zero-order valence-corrected chi connectivity index (χ0v) is 10.6. The molecule has 19 heavy (non-hydrogen) atoms. The maximum Gasteiger partial charge on any atom is 0.339 e. The smallest absolute Gasteiger partial charge is 0.339 e. The van der Waals surface area contributed by atoms with Crippen LogP contribution < -0.4 is 5.56 Å². The molecular formula is C14H14N2O3. The van der Waals surface area contributed by atoms with Gasteiger partial charge in [0.05, 0.1) is 24.9 Å². The molecule has 0 aliphatic carbocycles. The molecule has 0 saturated heterocycles. The Hall–Kier alpha value is -2.43. The van der Waals surface area contributed by atoms with Crippen molar-refractivity contribution >= 4 is 5.97 Å². The van der Waals surface area contributed by atoms with E-state index in [1.54, 1.807) is 6.92 Å². The number of hydrogen-bond acceptors (Lipinski definition) is 4. The summed E-state index contributed by atoms with van der Waals surface area (Å²) in [7, 11) is 0. The molecule has 0 N–H and O–H groups in total. The van der Waals surface area contributed by atoms with Crippen molar-refractivity contribution in [1.29, 1.82) is 0 Å². The lowest BCUT2D eigenvalue weighted by Gasteiger charge is -2.05. The number of carbonyl (C=O) groups is 1. The van der Waals surface area contributed by atoms with E-state index < -0.39 is 5.97 Å². The fraction of sp³-hybridized carbons (Fsp3) is 0.214. The second-order valence-electron chi connectivity index (χ2n) is 3.95. The Morgan fingerprint density at radius 1 is 1.32 bits per heavy atom. The third-order valence-corrected chi connectivity index (χ3v) is 2.56. The van der Waals surface area contributed by atoms with Crippen LogP contribution in [0.3, 0.4) is 0 Å². The molecule has 0 radical (unpaired) electrons. The summed E-state index contributed by atoms with van der Waals surface area (Å²) in [6.07, 6.45) is 1.35. The first kappa shape index (κ1) is 13.0. The number of benzene rings is 1. The van der Waals surface area contributed by atoms with E-state index >= 15 is 0 Å². The molecular weight excluding hydrogens is 244 g/mol. The molecule has 0 unspecified atom stereocenters. The summed E-state index contributed by atoms with van der Waals surface area (Å²) in [5.74, 6) is -0.529. The summed E-state index contributed by atoms with van der Waals surface area (Å²) < 4.78 is 6.12. The van der Waals surface area contributed by atoms with Gasteiger partial charge in [0.2, 0.25) is 0 Å². The highest BCUT2D eigenvalue weighted by Crippen LogP contribution is 2.01. The predicted octanol–water partition coefficient (Wildman–Crippen LogP) is 1.47. The normalized spacial score (nSPS) is 10.2. The number of ether oxygens (including phenoxy) is 1. The highest BCUT2D eigenvalue weighted by molar-refractivity contribution is 5.88. The molecule has 0 aliphatic rings. The second kappa shape index (κ2) is 5.95. The van der Waals surface area contributed by atoms with E-state index in [-0.39, 0.29) is 17.7 Å². The van der Waals surface area contributed by atoms with Crippen LogP contribution in [0.25, 0.3) is 0 Å². The first-order chi connectivity index (χ1) is 9.20. The predicted molar refractivity (Wildman–Crippen MR) is 70.0 cm³/mol. The lowest BCUT2D eigenvalue weighted by Crippen LogP contribution is -2.24. The Labute approximate surface area is 110 Å². The van der Waals surface area contributed by atoms with E-state index in [4.69, 9.17) is 4.74 Å². The quantitative estimate of drug-likeness (QED) is 0.779. The first-order valence-corrected chi connectivity index (χ1v) is 5.99. The third-order valence-electron chi connectivity index (χ3n) is 2.56. The highest BCUT2D eigenvalue weighted by Gasteiger charge is 2.09. The number of carbonyl (C=O) groups excluding carboxylic acids is 1. The lowest BCUT2D eigenvalue weighted by atomic mass is 10.2. The largest absolute Gasteiger partial charge is 0.462 e. The number of rotatable bonds is 4. The minimum Gasteiger partial charge on any atom is -0.462 e. The summed E-state index contributed by atoms with van der Waals surface area (Å²) >= 11 is 0. The molecule has 5 nitrogen and oxygen atoms in total. The second-order valence-corrected chi connectivity index (χ2v) is 3.95. The number of nitrogens with zero attached hydrogens (tertiary/aromatic N) is 2. The van der Waals surface area contributed by atoms with E-state index in [2.05, 4.69) is 5.10 Å². The standard InChI is InChI=1S/C14H14N2O3/c1-2-19-14(18)12-8-13(17)16(15-9-12)10-11-6-4-3-5-7-11/h3-9H,2,10H2,1H3. The van der Waals surface area contributed by atoms with Crippen LogP contribution >= 0.6 is 0 Å². The molecule has 0 saturated carbocycles. The Bertz CT molecular complexity index is 620. The van der Waals surface area contributed by atoms with Gasteiger partial charge in [0.15, 0.2) is 0 Å². The SMILES string of the molecule is CCOC(=O)c1cnn(Cc2ccccc2)c(=O)c1. The van der Waals surface area contributed by atoms with Crippen LogP contribution in [0.5, 0.6) is 0 Å². The van der Waals surface area contributed by atoms with Crippen molar-refractivity contribution in [2.45, 2.75) is 13.5 Å². The van der Waals surface area contributed by atoms with Crippen molar-refractivity contribution in [2.75, 3.05) is 6.61 Å². The van der Waals surface area contributed by atoms with Crippen LogP contribution in [0.4, 0.5) is 0 Å². The van der Waals surface area contributed by atoms with E-state index in [0.717, 1.165) is 5.56 Å². The third kappa shape index (κ3) is 3.28. The van der Waals surface area contributed by atoms with E-state index in [1.807, 2.05) is 30.3 Å². The number of aromatic nitrogens is 2. The average molecular weight is 258 g/mol. The maximum absolute atomic E-state index is 11.8. The van der Waals surface area contributed by atoms with Crippen molar-refractivity contribution < 1.29 is 9.53 Å². The molecule has 2 rings (SSSR count). The van der Waals surface area contributed by atoms with Crippen molar-refractivity contribution in [3.8, 4) is 0 Å². The molecule has 1 heterocycles. The van der Waals surface area contributed by atoms with Gasteiger partial charge < -0.3 is 4.74 Å². The van der Waals surface area contributed by atoms with Crippen molar-refractivity contribution in [1.82, 2.24) is 9.78 Å². The Kier molecular flexibility index (Phi) is 4.07. The van der Waals surface area contributed by atoms with Crippen molar-refractivity contribution in [2.24, 2.45) is 0 Å². The Morgan fingerprint density at radius 2 is 2.05 bits per heavy atom. The van der Waals surface area contributed by atoms with Gasteiger partial charge in [0, 0.05) is 6.07 Å². The molecule has 5 heteroatoms. The number of esters is 1. The van der Waals surface area contributed by atoms with Gasteiger partial charge in [-0.25, -0.2) is 9.48 Å². The monoisotopic (exact) mass is 258 g/mol. The van der Waals surface area contributed by atoms with Gasteiger partial charge in [-0.2, -0.15) is 5.10 Å². The minimum atomic E-state index is -0.529. The van der Waals surface area contributed by atoms with E-state index in [0.29, 0.717) is 6.54 Å². The van der Waals surface area contributed by atoms with Crippen LogP contribution in [0.2, 0.25) is 0 Å². The van der Waals surface area contributed by atoms with Crippen LogP contribution in [-0.2, 0) is 11.3 Å². The molecule has 0 fully saturated rings. The summed E-state index contributed by atoms with van der Waals surface area (Å²) in [4.78, 5) is 23.3. The molecule has 0 amide bonds. The lowest BCUT2D eigenvalue weighted by molar-refractivity contribution is 0.0525. The Morgan fingerprint density at radius 3 is 2.68 bits per heavy atom. The molecule has 98 valence electrons. The van der Waals surface area contributed by atoms with Crippen LogP contribution in [-0.4, -0.2) is 22.4 Å². The average Bonchev–Trinajstić information content (AvgIpc) is 2.42. The van der Waals surface area contributed by atoms with Crippen LogP contribution in [0, 0.1) is 0 Å². The van der Waals surface area contributed by atoms with Crippen molar-refractivity contribution in [3.05, 3.63) is 64.1 Å². The molecule has 2 aromatic rings. The maximum atomic E-state index is 11.8. The molecule has 0 aliphatic heterocycles. The molecule has 0 bridgehead atoms. The van der Waals surface area contributed by atoms with E-state index in [1.165, 1.54) is 16.9 Å². The topological polar surface area (TPSA) is 61.2 Å². The number of hydrogen-bond donors (Lipinski definition) is 0. The Balaban J connectivity index is 2.21. The van der Waals surface area contributed by atoms with Gasteiger partial charge in [-0.1, -0.05) is 30.3 Å². The molecule has 0 atom stereocenters. The van der Waals surface area contributed by atoms with Crippen LogP contribution in [0.15, 0.2) is 47.4 Å². The minimum absolute atomic E-state index is 0.177. The fourth-order valence-corrected chi connectivity index (χ4v) is 1.63. The molecule has 0 spiro atoms. The van der Waals surface area contributed by atoms with Gasteiger partial charge in [0.25, 0.3) is 5.56 Å². The zero-order chi connectivity index (χ0) is 13.7. The van der Waals surface area contributed by atoms with Crippen molar-refractivity contribution in [3.63, 3.8) is 0 Å². The summed E-state index contributed by atoms with van der Waals surface area (Å²) in [6, 6.07) is 10.8. The van der Waals surface area contributed by atoms with Gasteiger partial charge in [-0.15, -0.1) is 0 Å². The van der Waals surface area contributed by atoms with Crippen LogP contribution in [0.1, 0.15) is 22.8 Å². The van der Waals surface area contributed by atoms with E-state index in [9.17, 15) is 9.59 Å². The molecule has 1 aromatic heterocycles. The highest BCUT2D eigenvalue weighted by atomic mass is 16.5. The summed E-state index contributed by atoms with van der Waals surface area (Å²) in [5, 5.41) is 3.98. The zero-order valence-electron chi connectivity index (χ0n) is 10.6.